The van der Waals surface area contributed by atoms with E-state index in [9.17, 15) is 19.5 Å². The van der Waals surface area contributed by atoms with Crippen LogP contribution in [0.15, 0.2) is 48.6 Å². The van der Waals surface area contributed by atoms with Crippen LogP contribution in [0.2, 0.25) is 0 Å². The van der Waals surface area contributed by atoms with E-state index in [4.69, 9.17) is 9.47 Å². The lowest BCUT2D eigenvalue weighted by atomic mass is 9.77. The highest BCUT2D eigenvalue weighted by Crippen LogP contribution is 2.54. The van der Waals surface area contributed by atoms with Gasteiger partial charge in [-0.15, -0.1) is 0 Å². The highest BCUT2D eigenvalue weighted by atomic mass is 16.5. The third-order valence-corrected chi connectivity index (χ3v) is 9.33. The predicted molar refractivity (Wildman–Crippen MR) is 164 cm³/mol. The van der Waals surface area contributed by atoms with Crippen molar-refractivity contribution in [2.45, 2.75) is 90.6 Å². The van der Waals surface area contributed by atoms with Crippen LogP contribution in [0.3, 0.4) is 0 Å². The summed E-state index contributed by atoms with van der Waals surface area (Å²) in [6, 6.07) is 5.78. The number of amides is 3. The molecule has 9 heteroatoms. The maximum Gasteiger partial charge on any atom is 0.249 e. The maximum atomic E-state index is 14.7. The van der Waals surface area contributed by atoms with Gasteiger partial charge in [0.2, 0.25) is 17.7 Å². The number of carbonyl (C=O) groups excluding carboxylic acids is 3. The summed E-state index contributed by atoms with van der Waals surface area (Å²) in [7, 11) is 0. The molecule has 4 aliphatic rings. The molecule has 1 aromatic rings. The molecule has 4 heterocycles. The first kappa shape index (κ1) is 31.3. The number of benzene rings is 1. The predicted octanol–water partition coefficient (Wildman–Crippen LogP) is 3.95. The van der Waals surface area contributed by atoms with E-state index in [2.05, 4.69) is 34.6 Å². The molecule has 0 aromatic heterocycles. The number of anilines is 1. The van der Waals surface area contributed by atoms with E-state index in [0.717, 1.165) is 6.42 Å². The van der Waals surface area contributed by atoms with Gasteiger partial charge >= 0.3 is 0 Å². The van der Waals surface area contributed by atoms with Gasteiger partial charge in [0.1, 0.15) is 17.4 Å². The first-order valence-corrected chi connectivity index (χ1v) is 15.6. The van der Waals surface area contributed by atoms with Gasteiger partial charge in [-0.05, 0) is 63.3 Å². The SMILES string of the molecule is CCOc1ccc(N2CC=C[C@H]3O[C@]45C=CCN(C(C)(C)CC(C)(C)C)C(=O)C4N([C@@H](CC)CO)C(=O)[C@@H]5[C@H]3C2=O)cc1. The molecule has 6 atom stereocenters. The Morgan fingerprint density at radius 2 is 1.70 bits per heavy atom. The number of carbonyl (C=O) groups is 3. The number of ether oxygens (including phenoxy) is 2. The molecule has 1 unspecified atom stereocenters. The topological polar surface area (TPSA) is 99.6 Å². The van der Waals surface area contributed by atoms with Crippen molar-refractivity contribution in [3.8, 4) is 5.75 Å². The summed E-state index contributed by atoms with van der Waals surface area (Å²) in [6.07, 6.45) is 8.11. The highest BCUT2D eigenvalue weighted by Gasteiger charge is 2.72. The third-order valence-electron chi connectivity index (χ3n) is 9.33. The molecule has 2 saturated heterocycles. The molecule has 5 rings (SSSR count). The van der Waals surface area contributed by atoms with E-state index in [1.54, 1.807) is 9.80 Å². The van der Waals surface area contributed by atoms with Crippen molar-refractivity contribution >= 4 is 23.4 Å². The van der Waals surface area contributed by atoms with Crippen LogP contribution in [0.4, 0.5) is 5.69 Å². The Bertz CT molecular complexity index is 1290. The molecule has 0 saturated carbocycles. The van der Waals surface area contributed by atoms with Gasteiger partial charge in [0.15, 0.2) is 0 Å². The third kappa shape index (κ3) is 5.29. The van der Waals surface area contributed by atoms with Gasteiger partial charge in [0.05, 0.1) is 37.2 Å². The largest absolute Gasteiger partial charge is 0.494 e. The summed E-state index contributed by atoms with van der Waals surface area (Å²) in [5.74, 6) is -1.77. The molecule has 1 N–H and O–H groups in total. The maximum absolute atomic E-state index is 14.7. The van der Waals surface area contributed by atoms with Gasteiger partial charge in [-0.25, -0.2) is 0 Å². The Morgan fingerprint density at radius 3 is 2.30 bits per heavy atom. The van der Waals surface area contributed by atoms with Gasteiger partial charge in [0, 0.05) is 24.3 Å². The van der Waals surface area contributed by atoms with E-state index in [-0.39, 0.29) is 29.7 Å². The summed E-state index contributed by atoms with van der Waals surface area (Å²) >= 11 is 0. The number of fused-ring (bicyclic) bond motifs is 2. The lowest BCUT2D eigenvalue weighted by Crippen LogP contribution is -2.61. The number of likely N-dealkylation sites (tertiary alicyclic amines) is 1. The van der Waals surface area contributed by atoms with Gasteiger partial charge in [-0.2, -0.15) is 0 Å². The van der Waals surface area contributed by atoms with Crippen LogP contribution in [-0.2, 0) is 19.1 Å². The number of aliphatic hydroxyl groups excluding tert-OH is 1. The molecular formula is C34H47N3O6. The van der Waals surface area contributed by atoms with Gasteiger partial charge in [0.25, 0.3) is 0 Å². The van der Waals surface area contributed by atoms with E-state index in [0.29, 0.717) is 37.6 Å². The second kappa shape index (κ2) is 11.4. The molecule has 1 spiro atoms. The summed E-state index contributed by atoms with van der Waals surface area (Å²) < 4.78 is 12.4. The standard InChI is InChI=1S/C34H47N3O6/c1-8-22(20-38)37-28-31(41)36(33(6,7)21-32(3,4)5)19-11-17-34(28)27(30(37)40)26-25(43-34)12-10-18-35(29(26)39)23-13-15-24(16-14-23)42-9-2/h10-17,22,25-28,38H,8-9,18-21H2,1-7H3/t22-,25+,26-,27-,28?,34-/m0/s1. The van der Waals surface area contributed by atoms with E-state index >= 15 is 0 Å². The Kier molecular flexibility index (Phi) is 8.28. The molecule has 9 nitrogen and oxygen atoms in total. The number of nitrogens with zero attached hydrogens (tertiary/aromatic N) is 3. The molecule has 234 valence electrons. The molecule has 0 bridgehead atoms. The quantitative estimate of drug-likeness (QED) is 0.459. The Hall–Kier alpha value is -3.17. The van der Waals surface area contributed by atoms with Crippen LogP contribution in [0.25, 0.3) is 0 Å². The second-order valence-corrected chi connectivity index (χ2v) is 14.0. The van der Waals surface area contributed by atoms with Crippen LogP contribution >= 0.6 is 0 Å². The zero-order chi connectivity index (χ0) is 31.3. The van der Waals surface area contributed by atoms with Crippen LogP contribution in [-0.4, -0.2) is 88.3 Å². The van der Waals surface area contributed by atoms with Gasteiger partial charge in [-0.3, -0.25) is 14.4 Å². The fourth-order valence-corrected chi connectivity index (χ4v) is 7.94. The van der Waals surface area contributed by atoms with Crippen LogP contribution < -0.4 is 9.64 Å². The molecular weight excluding hydrogens is 546 g/mol. The van der Waals surface area contributed by atoms with Crippen LogP contribution in [0, 0.1) is 17.3 Å². The minimum atomic E-state index is -1.33. The van der Waals surface area contributed by atoms with Crippen molar-refractivity contribution in [3.63, 3.8) is 0 Å². The van der Waals surface area contributed by atoms with Crippen molar-refractivity contribution in [2.24, 2.45) is 17.3 Å². The van der Waals surface area contributed by atoms with Crippen molar-refractivity contribution < 1.29 is 29.0 Å². The monoisotopic (exact) mass is 593 g/mol. The molecule has 0 radical (unpaired) electrons. The summed E-state index contributed by atoms with van der Waals surface area (Å²) in [6.45, 7) is 15.3. The zero-order valence-electron chi connectivity index (χ0n) is 26.6. The minimum Gasteiger partial charge on any atom is -0.494 e. The number of hydrogen-bond donors (Lipinski definition) is 1. The fourth-order valence-electron chi connectivity index (χ4n) is 7.94. The van der Waals surface area contributed by atoms with Crippen molar-refractivity contribution in [1.29, 1.82) is 0 Å². The van der Waals surface area contributed by atoms with E-state index < -0.39 is 41.2 Å². The summed E-state index contributed by atoms with van der Waals surface area (Å²) in [5, 5.41) is 10.4. The van der Waals surface area contributed by atoms with Crippen LogP contribution in [0.5, 0.6) is 5.75 Å². The van der Waals surface area contributed by atoms with E-state index in [1.807, 2.05) is 67.3 Å². The second-order valence-electron chi connectivity index (χ2n) is 14.0. The molecule has 0 aliphatic carbocycles. The number of rotatable bonds is 8. The first-order valence-electron chi connectivity index (χ1n) is 15.6. The molecule has 4 aliphatic heterocycles. The number of aliphatic hydroxyl groups is 1. The van der Waals surface area contributed by atoms with Gasteiger partial charge < -0.3 is 29.3 Å². The summed E-state index contributed by atoms with van der Waals surface area (Å²) in [5.41, 5.74) is -1.19. The Morgan fingerprint density at radius 1 is 1.00 bits per heavy atom. The smallest absolute Gasteiger partial charge is 0.249 e. The van der Waals surface area contributed by atoms with Crippen molar-refractivity contribution in [2.75, 3.05) is 31.2 Å². The average Bonchev–Trinajstić information content (AvgIpc) is 3.24. The molecule has 3 amide bonds. The van der Waals surface area contributed by atoms with E-state index in [1.165, 1.54) is 0 Å². The average molecular weight is 594 g/mol. The van der Waals surface area contributed by atoms with Crippen molar-refractivity contribution in [3.05, 3.63) is 48.6 Å². The Balaban J connectivity index is 1.58. The normalized spacial score (nSPS) is 29.8. The van der Waals surface area contributed by atoms with Crippen LogP contribution in [0.1, 0.15) is 61.3 Å². The Labute approximate surface area is 255 Å². The minimum absolute atomic E-state index is 0.0408. The lowest BCUT2D eigenvalue weighted by Gasteiger charge is -2.45. The highest BCUT2D eigenvalue weighted by molar-refractivity contribution is 6.04. The van der Waals surface area contributed by atoms with Gasteiger partial charge in [-0.1, -0.05) is 52.0 Å². The number of hydrogen-bond acceptors (Lipinski definition) is 6. The van der Waals surface area contributed by atoms with Crippen molar-refractivity contribution in [1.82, 2.24) is 9.80 Å². The molecule has 1 aromatic carbocycles. The molecule has 2 fully saturated rings. The lowest BCUT2D eigenvalue weighted by molar-refractivity contribution is -0.154. The first-order chi connectivity index (χ1) is 20.3. The molecule has 43 heavy (non-hydrogen) atoms. The zero-order valence-corrected chi connectivity index (χ0v) is 26.6. The summed E-state index contributed by atoms with van der Waals surface area (Å²) in [4.78, 5) is 48.7. The fraction of sp³-hybridized carbons (Fsp3) is 0.618.